The quantitative estimate of drug-likeness (QED) is 0.526. The number of nitriles is 1. The summed E-state index contributed by atoms with van der Waals surface area (Å²) in [5.41, 5.74) is 3.91. The second-order valence-corrected chi connectivity index (χ2v) is 5.99. The monoisotopic (exact) mass is 358 g/mol. The Balaban J connectivity index is 1.97. The van der Waals surface area contributed by atoms with Crippen molar-refractivity contribution in [3.8, 4) is 17.3 Å². The molecule has 3 aromatic rings. The minimum Gasteiger partial charge on any atom is -0.457 e. The van der Waals surface area contributed by atoms with Gasteiger partial charge in [0.1, 0.15) is 6.61 Å². The highest BCUT2D eigenvalue weighted by molar-refractivity contribution is 6.01. The van der Waals surface area contributed by atoms with Crippen molar-refractivity contribution in [1.82, 2.24) is 4.98 Å². The number of hydrogen-bond donors (Lipinski definition) is 1. The Morgan fingerprint density at radius 1 is 1.19 bits per heavy atom. The summed E-state index contributed by atoms with van der Waals surface area (Å²) in [4.78, 5) is 27.3. The van der Waals surface area contributed by atoms with Crippen LogP contribution in [0.2, 0.25) is 0 Å². The van der Waals surface area contributed by atoms with Crippen LogP contribution in [-0.2, 0) is 17.8 Å². The van der Waals surface area contributed by atoms with Crippen LogP contribution in [0.3, 0.4) is 0 Å². The van der Waals surface area contributed by atoms with Gasteiger partial charge in [-0.2, -0.15) is 5.26 Å². The topological polar surface area (TPSA) is 83.0 Å². The number of aldehydes is 1. The van der Waals surface area contributed by atoms with Gasteiger partial charge < -0.3 is 9.72 Å². The summed E-state index contributed by atoms with van der Waals surface area (Å²) >= 11 is 0. The minimum absolute atomic E-state index is 0.131. The number of aromatic nitrogens is 1. The van der Waals surface area contributed by atoms with Crippen LogP contribution < -0.4 is 0 Å². The number of H-pyrrole nitrogens is 1. The second-order valence-electron chi connectivity index (χ2n) is 5.99. The zero-order valence-electron chi connectivity index (χ0n) is 14.9. The molecule has 0 atom stereocenters. The molecule has 0 fully saturated rings. The molecule has 0 amide bonds. The van der Waals surface area contributed by atoms with Gasteiger partial charge in [-0.3, -0.25) is 4.79 Å². The molecule has 134 valence electrons. The number of ether oxygens (including phenoxy) is 1. The van der Waals surface area contributed by atoms with Crippen LogP contribution in [0.5, 0.6) is 0 Å². The molecule has 0 aliphatic heterocycles. The standard InChI is InChI=1S/C22H18N2O3/c1-2-18-20(22(26)27-14-15-7-4-3-5-8-15)19(13-25)24-21(18)17-10-6-9-16(11-17)12-23/h3-11,13,24H,2,14H2,1H3. The highest BCUT2D eigenvalue weighted by atomic mass is 16.5. The van der Waals surface area contributed by atoms with Crippen LogP contribution in [-0.4, -0.2) is 17.2 Å². The number of nitrogens with zero attached hydrogens (tertiary/aromatic N) is 1. The van der Waals surface area contributed by atoms with Crippen LogP contribution in [0, 0.1) is 11.3 Å². The van der Waals surface area contributed by atoms with Crippen LogP contribution >= 0.6 is 0 Å². The number of benzene rings is 2. The van der Waals surface area contributed by atoms with Crippen molar-refractivity contribution in [1.29, 1.82) is 5.26 Å². The van der Waals surface area contributed by atoms with Gasteiger partial charge in [0.15, 0.2) is 6.29 Å². The van der Waals surface area contributed by atoms with Gasteiger partial charge in [-0.15, -0.1) is 0 Å². The van der Waals surface area contributed by atoms with Crippen molar-refractivity contribution in [2.24, 2.45) is 0 Å². The van der Waals surface area contributed by atoms with E-state index in [1.165, 1.54) is 0 Å². The molecule has 0 unspecified atom stereocenters. The number of esters is 1. The first kappa shape index (κ1) is 18.2. The fourth-order valence-electron chi connectivity index (χ4n) is 3.02. The molecular formula is C22H18N2O3. The van der Waals surface area contributed by atoms with E-state index < -0.39 is 5.97 Å². The normalized spacial score (nSPS) is 10.2. The number of carbonyl (C=O) groups excluding carboxylic acids is 2. The highest BCUT2D eigenvalue weighted by Crippen LogP contribution is 2.29. The Labute approximate surface area is 157 Å². The van der Waals surface area contributed by atoms with Gasteiger partial charge in [-0.05, 0) is 35.2 Å². The van der Waals surface area contributed by atoms with Crippen molar-refractivity contribution in [3.63, 3.8) is 0 Å². The predicted molar refractivity (Wildman–Crippen MR) is 101 cm³/mol. The highest BCUT2D eigenvalue weighted by Gasteiger charge is 2.24. The van der Waals surface area contributed by atoms with E-state index in [1.807, 2.05) is 43.3 Å². The van der Waals surface area contributed by atoms with Crippen LogP contribution in [0.15, 0.2) is 54.6 Å². The van der Waals surface area contributed by atoms with Gasteiger partial charge >= 0.3 is 5.97 Å². The molecule has 1 N–H and O–H groups in total. The fourth-order valence-corrected chi connectivity index (χ4v) is 3.02. The van der Waals surface area contributed by atoms with Crippen LogP contribution in [0.1, 0.15) is 44.5 Å². The molecule has 2 aromatic carbocycles. The first-order chi connectivity index (χ1) is 13.2. The molecule has 1 heterocycles. The van der Waals surface area contributed by atoms with Gasteiger partial charge in [0, 0.05) is 0 Å². The molecule has 0 saturated carbocycles. The van der Waals surface area contributed by atoms with E-state index in [9.17, 15) is 9.59 Å². The van der Waals surface area contributed by atoms with Crippen LogP contribution in [0.4, 0.5) is 0 Å². The molecule has 0 bridgehead atoms. The van der Waals surface area contributed by atoms with Crippen molar-refractivity contribution in [2.75, 3.05) is 0 Å². The molecule has 0 aliphatic carbocycles. The van der Waals surface area contributed by atoms with Gasteiger partial charge in [0.2, 0.25) is 0 Å². The van der Waals surface area contributed by atoms with Gasteiger partial charge in [-0.25, -0.2) is 4.79 Å². The molecule has 27 heavy (non-hydrogen) atoms. The summed E-state index contributed by atoms with van der Waals surface area (Å²) in [5, 5.41) is 9.12. The third-order valence-electron chi connectivity index (χ3n) is 4.30. The number of nitrogens with one attached hydrogen (secondary N) is 1. The maximum absolute atomic E-state index is 12.7. The lowest BCUT2D eigenvalue weighted by atomic mass is 10.0. The lowest BCUT2D eigenvalue weighted by Crippen LogP contribution is -2.09. The lowest BCUT2D eigenvalue weighted by molar-refractivity contribution is 0.0470. The van der Waals surface area contributed by atoms with Crippen molar-refractivity contribution < 1.29 is 14.3 Å². The second kappa shape index (κ2) is 8.15. The lowest BCUT2D eigenvalue weighted by Gasteiger charge is -2.07. The molecule has 0 spiro atoms. The SMILES string of the molecule is CCc1c(-c2cccc(C#N)c2)[nH]c(C=O)c1C(=O)OCc1ccccc1. The van der Waals surface area contributed by atoms with E-state index in [2.05, 4.69) is 11.1 Å². The molecular weight excluding hydrogens is 340 g/mol. The summed E-state index contributed by atoms with van der Waals surface area (Å²) in [6.45, 7) is 2.04. The van der Waals surface area contributed by atoms with E-state index in [0.29, 0.717) is 29.5 Å². The zero-order valence-corrected chi connectivity index (χ0v) is 14.9. The Bertz CT molecular complexity index is 1010. The van der Waals surface area contributed by atoms with E-state index in [-0.39, 0.29) is 17.9 Å². The Hall–Kier alpha value is -3.65. The van der Waals surface area contributed by atoms with Gasteiger partial charge in [-0.1, -0.05) is 49.4 Å². The van der Waals surface area contributed by atoms with Crippen LogP contribution in [0.25, 0.3) is 11.3 Å². The molecule has 0 radical (unpaired) electrons. The Morgan fingerprint density at radius 3 is 2.63 bits per heavy atom. The smallest absolute Gasteiger partial charge is 0.341 e. The summed E-state index contributed by atoms with van der Waals surface area (Å²) in [5.74, 6) is -0.545. The zero-order chi connectivity index (χ0) is 19.2. The summed E-state index contributed by atoms with van der Waals surface area (Å²) in [6.07, 6.45) is 1.15. The number of rotatable bonds is 6. The van der Waals surface area contributed by atoms with Crippen molar-refractivity contribution in [3.05, 3.63) is 82.5 Å². The number of aromatic amines is 1. The fraction of sp³-hybridized carbons (Fsp3) is 0.136. The largest absolute Gasteiger partial charge is 0.457 e. The maximum atomic E-state index is 12.7. The predicted octanol–water partition coefficient (Wildman–Crippen LogP) is 4.29. The third-order valence-corrected chi connectivity index (χ3v) is 4.30. The first-order valence-electron chi connectivity index (χ1n) is 8.59. The summed E-state index contributed by atoms with van der Waals surface area (Å²) in [6, 6.07) is 18.5. The minimum atomic E-state index is -0.545. The van der Waals surface area contributed by atoms with E-state index in [0.717, 1.165) is 11.1 Å². The number of hydrogen-bond acceptors (Lipinski definition) is 4. The van der Waals surface area contributed by atoms with E-state index in [1.54, 1.807) is 18.2 Å². The summed E-state index contributed by atoms with van der Waals surface area (Å²) < 4.78 is 5.42. The average Bonchev–Trinajstić information content (AvgIpc) is 3.11. The Kier molecular flexibility index (Phi) is 5.48. The first-order valence-corrected chi connectivity index (χ1v) is 8.59. The molecule has 1 aromatic heterocycles. The number of carbonyl (C=O) groups is 2. The Morgan fingerprint density at radius 2 is 1.96 bits per heavy atom. The maximum Gasteiger partial charge on any atom is 0.341 e. The van der Waals surface area contributed by atoms with E-state index >= 15 is 0 Å². The molecule has 3 rings (SSSR count). The average molecular weight is 358 g/mol. The summed E-state index contributed by atoms with van der Waals surface area (Å²) in [7, 11) is 0. The third kappa shape index (κ3) is 3.80. The molecule has 5 heteroatoms. The molecule has 0 aliphatic rings. The molecule has 0 saturated heterocycles. The van der Waals surface area contributed by atoms with E-state index in [4.69, 9.17) is 10.00 Å². The molecule has 5 nitrogen and oxygen atoms in total. The van der Waals surface area contributed by atoms with Gasteiger partial charge in [0.05, 0.1) is 28.6 Å². The van der Waals surface area contributed by atoms with Crippen molar-refractivity contribution >= 4 is 12.3 Å². The van der Waals surface area contributed by atoms with Gasteiger partial charge in [0.25, 0.3) is 0 Å². The van der Waals surface area contributed by atoms with Crippen molar-refractivity contribution in [2.45, 2.75) is 20.0 Å².